The fourth-order valence-electron chi connectivity index (χ4n) is 2.43. The highest BCUT2D eigenvalue weighted by atomic mass is 32.1. The van der Waals surface area contributed by atoms with E-state index in [4.69, 9.17) is 0 Å². The molecule has 0 saturated heterocycles. The Labute approximate surface area is 160 Å². The van der Waals surface area contributed by atoms with Crippen molar-refractivity contribution in [2.24, 2.45) is 0 Å². The molecule has 27 heavy (non-hydrogen) atoms. The van der Waals surface area contributed by atoms with E-state index in [1.165, 1.54) is 24.5 Å². The molecule has 1 heterocycles. The van der Waals surface area contributed by atoms with Crippen LogP contribution in [-0.4, -0.2) is 39.3 Å². The molecule has 0 atom stereocenters. The molecule has 0 aliphatic heterocycles. The minimum atomic E-state index is -0.562. The summed E-state index contributed by atoms with van der Waals surface area (Å²) in [5.74, 6) is -0.888. The topological polar surface area (TPSA) is 103 Å². The second-order valence-electron chi connectivity index (χ2n) is 6.94. The van der Waals surface area contributed by atoms with Crippen molar-refractivity contribution in [3.05, 3.63) is 55.5 Å². The molecule has 0 bridgehead atoms. The molecule has 0 radical (unpaired) electrons. The van der Waals surface area contributed by atoms with Crippen molar-refractivity contribution < 1.29 is 19.2 Å². The molecule has 0 aliphatic carbocycles. The minimum absolute atomic E-state index is 0.100. The van der Waals surface area contributed by atoms with Crippen molar-refractivity contribution in [3.63, 3.8) is 0 Å². The molecule has 144 valence electrons. The van der Waals surface area contributed by atoms with E-state index in [9.17, 15) is 19.7 Å². The summed E-state index contributed by atoms with van der Waals surface area (Å²) in [7, 11) is 1.27. The van der Waals surface area contributed by atoms with E-state index in [1.807, 2.05) is 20.8 Å². The van der Waals surface area contributed by atoms with Crippen LogP contribution in [-0.2, 0) is 11.3 Å². The first-order valence-electron chi connectivity index (χ1n) is 8.14. The first-order chi connectivity index (χ1) is 12.5. The van der Waals surface area contributed by atoms with E-state index in [-0.39, 0.29) is 29.4 Å². The molecule has 9 heteroatoms. The number of hydrogen-bond donors (Lipinski definition) is 0. The molecule has 0 fully saturated rings. The summed E-state index contributed by atoms with van der Waals surface area (Å²) >= 11 is 1.25. The zero-order valence-electron chi connectivity index (χ0n) is 15.8. The molecule has 0 aliphatic rings. The maximum atomic E-state index is 13.1. The Hall–Kier alpha value is -2.81. The van der Waals surface area contributed by atoms with Gasteiger partial charge in [0.15, 0.2) is 5.69 Å². The van der Waals surface area contributed by atoms with Gasteiger partial charge in [0, 0.05) is 28.1 Å². The molecule has 0 spiro atoms. The van der Waals surface area contributed by atoms with Crippen LogP contribution in [0.15, 0.2) is 23.6 Å². The van der Waals surface area contributed by atoms with Gasteiger partial charge in [0.05, 0.1) is 18.6 Å². The Kier molecular flexibility index (Phi) is 5.94. The predicted octanol–water partition coefficient (Wildman–Crippen LogP) is 3.59. The number of ether oxygens (including phenoxy) is 1. The molecule has 8 nitrogen and oxygen atoms in total. The lowest BCUT2D eigenvalue weighted by Crippen LogP contribution is -2.45. The largest absolute Gasteiger partial charge is 0.464 e. The third-order valence-electron chi connectivity index (χ3n) is 3.95. The number of nitro groups is 1. The number of nitro benzene ring substituents is 1. The first-order valence-corrected chi connectivity index (χ1v) is 9.02. The molecule has 1 aromatic heterocycles. The fourth-order valence-corrected chi connectivity index (χ4v) is 3.18. The predicted molar refractivity (Wildman–Crippen MR) is 101 cm³/mol. The molecule has 2 rings (SSSR count). The first kappa shape index (κ1) is 20.5. The third-order valence-corrected chi connectivity index (χ3v) is 4.78. The molecular formula is C18H21N3O5S. The summed E-state index contributed by atoms with van der Waals surface area (Å²) in [5.41, 5.74) is 0.239. The summed E-state index contributed by atoms with van der Waals surface area (Å²) < 4.78 is 4.65. The molecule has 1 amide bonds. The third kappa shape index (κ3) is 4.68. The van der Waals surface area contributed by atoms with Crippen LogP contribution in [0.5, 0.6) is 0 Å². The Balaban J connectivity index is 2.35. The number of methoxy groups -OCH3 is 1. The maximum Gasteiger partial charge on any atom is 0.357 e. The number of nitrogens with zero attached hydrogens (tertiary/aromatic N) is 3. The van der Waals surface area contributed by atoms with Crippen LogP contribution in [0.4, 0.5) is 5.69 Å². The van der Waals surface area contributed by atoms with Gasteiger partial charge >= 0.3 is 5.97 Å². The highest BCUT2D eigenvalue weighted by molar-refractivity contribution is 7.09. The van der Waals surface area contributed by atoms with Gasteiger partial charge < -0.3 is 9.64 Å². The van der Waals surface area contributed by atoms with Crippen LogP contribution in [0.2, 0.25) is 0 Å². The Morgan fingerprint density at radius 1 is 1.33 bits per heavy atom. The average molecular weight is 391 g/mol. The molecule has 2 aromatic rings. The van der Waals surface area contributed by atoms with Crippen LogP contribution in [0.25, 0.3) is 0 Å². The number of hydrogen-bond acceptors (Lipinski definition) is 7. The summed E-state index contributed by atoms with van der Waals surface area (Å²) in [5, 5.41) is 13.3. The quantitative estimate of drug-likeness (QED) is 0.438. The van der Waals surface area contributed by atoms with Crippen molar-refractivity contribution in [1.82, 2.24) is 9.88 Å². The van der Waals surface area contributed by atoms with Gasteiger partial charge in [-0.3, -0.25) is 14.9 Å². The summed E-state index contributed by atoms with van der Waals surface area (Å²) in [6.07, 6.45) is 0. The van der Waals surface area contributed by atoms with E-state index in [1.54, 1.807) is 29.3 Å². The fraction of sp³-hybridized carbons (Fsp3) is 0.389. The summed E-state index contributed by atoms with van der Waals surface area (Å²) in [6.45, 7) is 7.39. The van der Waals surface area contributed by atoms with Gasteiger partial charge in [-0.05, 0) is 33.8 Å². The molecule has 0 saturated carbocycles. The van der Waals surface area contributed by atoms with Crippen molar-refractivity contribution >= 4 is 28.9 Å². The smallest absolute Gasteiger partial charge is 0.357 e. The standard InChI is InChI=1S/C18H21N3O5S/c1-11-6-7-12(8-14(11)21(24)25)16(22)20(18(2,3)4)9-15-19-13(10-27-15)17(23)26-5/h6-8,10H,9H2,1-5H3. The number of benzene rings is 1. The van der Waals surface area contributed by atoms with E-state index in [2.05, 4.69) is 9.72 Å². The molecule has 0 unspecified atom stereocenters. The van der Waals surface area contributed by atoms with Crippen LogP contribution < -0.4 is 0 Å². The van der Waals surface area contributed by atoms with E-state index >= 15 is 0 Å². The maximum absolute atomic E-state index is 13.1. The van der Waals surface area contributed by atoms with Gasteiger partial charge in [-0.2, -0.15) is 0 Å². The second kappa shape index (κ2) is 7.83. The van der Waals surface area contributed by atoms with Crippen LogP contribution in [0.3, 0.4) is 0 Å². The lowest BCUT2D eigenvalue weighted by atomic mass is 10.0. The average Bonchev–Trinajstić information content (AvgIpc) is 3.06. The Morgan fingerprint density at radius 2 is 2.00 bits per heavy atom. The molecule has 1 aromatic carbocycles. The van der Waals surface area contributed by atoms with Crippen molar-refractivity contribution in [2.75, 3.05) is 7.11 Å². The monoisotopic (exact) mass is 391 g/mol. The molecular weight excluding hydrogens is 370 g/mol. The van der Waals surface area contributed by atoms with E-state index in [0.717, 1.165) is 0 Å². The van der Waals surface area contributed by atoms with Crippen molar-refractivity contribution in [2.45, 2.75) is 39.8 Å². The SMILES string of the molecule is COC(=O)c1csc(CN(C(=O)c2ccc(C)c([N+](=O)[O-])c2)C(C)(C)C)n1. The lowest BCUT2D eigenvalue weighted by molar-refractivity contribution is -0.385. The van der Waals surface area contributed by atoms with Crippen molar-refractivity contribution in [1.29, 1.82) is 0 Å². The number of rotatable bonds is 5. The van der Waals surface area contributed by atoms with Crippen LogP contribution >= 0.6 is 11.3 Å². The van der Waals surface area contributed by atoms with Crippen molar-refractivity contribution in [3.8, 4) is 0 Å². The number of carbonyl (C=O) groups excluding carboxylic acids is 2. The number of amides is 1. The number of aryl methyl sites for hydroxylation is 1. The molecule has 0 N–H and O–H groups in total. The van der Waals surface area contributed by atoms with Gasteiger partial charge in [-0.1, -0.05) is 6.07 Å². The highest BCUT2D eigenvalue weighted by Gasteiger charge is 2.30. The van der Waals surface area contributed by atoms with E-state index in [0.29, 0.717) is 10.6 Å². The van der Waals surface area contributed by atoms with Gasteiger partial charge in [0.2, 0.25) is 0 Å². The number of esters is 1. The van der Waals surface area contributed by atoms with Crippen LogP contribution in [0.1, 0.15) is 52.2 Å². The zero-order chi connectivity index (χ0) is 20.4. The highest BCUT2D eigenvalue weighted by Crippen LogP contribution is 2.25. The summed E-state index contributed by atoms with van der Waals surface area (Å²) in [6, 6.07) is 4.42. The Bertz CT molecular complexity index is 885. The van der Waals surface area contributed by atoms with Gasteiger partial charge in [0.1, 0.15) is 5.01 Å². The number of carbonyl (C=O) groups is 2. The van der Waals surface area contributed by atoms with Crippen LogP contribution in [0, 0.1) is 17.0 Å². The van der Waals surface area contributed by atoms with E-state index < -0.39 is 16.4 Å². The second-order valence-corrected chi connectivity index (χ2v) is 7.88. The number of thiazole rings is 1. The number of aromatic nitrogens is 1. The lowest BCUT2D eigenvalue weighted by Gasteiger charge is -2.35. The van der Waals surface area contributed by atoms with Gasteiger partial charge in [-0.15, -0.1) is 11.3 Å². The van der Waals surface area contributed by atoms with Gasteiger partial charge in [0.25, 0.3) is 11.6 Å². The zero-order valence-corrected chi connectivity index (χ0v) is 16.6. The minimum Gasteiger partial charge on any atom is -0.464 e. The van der Waals surface area contributed by atoms with Gasteiger partial charge in [-0.25, -0.2) is 9.78 Å². The Morgan fingerprint density at radius 3 is 2.56 bits per heavy atom. The normalized spacial score (nSPS) is 11.1. The summed E-state index contributed by atoms with van der Waals surface area (Å²) in [4.78, 5) is 41.1.